The zero-order chi connectivity index (χ0) is 14.9. The fourth-order valence-corrected chi connectivity index (χ4v) is 2.81. The van der Waals surface area contributed by atoms with Crippen LogP contribution in [0.2, 0.25) is 0 Å². The molecule has 1 aromatic heterocycles. The van der Waals surface area contributed by atoms with Crippen LogP contribution in [0.3, 0.4) is 0 Å². The highest BCUT2D eigenvalue weighted by Crippen LogP contribution is 2.28. The van der Waals surface area contributed by atoms with Crippen LogP contribution in [0.25, 0.3) is 0 Å². The lowest BCUT2D eigenvalue weighted by atomic mass is 10.3. The maximum Gasteiger partial charge on any atom is 0.321 e. The summed E-state index contributed by atoms with van der Waals surface area (Å²) in [6.07, 6.45) is 0. The number of sulfonamides is 1. The number of hydrazine groups is 1. The van der Waals surface area contributed by atoms with Crippen molar-refractivity contribution in [2.45, 2.75) is 18.7 Å². The van der Waals surface area contributed by atoms with Crippen LogP contribution in [-0.4, -0.2) is 18.6 Å². The van der Waals surface area contributed by atoms with E-state index in [4.69, 9.17) is 4.52 Å². The quantitative estimate of drug-likeness (QED) is 0.627. The van der Waals surface area contributed by atoms with Gasteiger partial charge in [-0.15, -0.1) is 0 Å². The van der Waals surface area contributed by atoms with Crippen molar-refractivity contribution >= 4 is 15.9 Å². The molecule has 0 unspecified atom stereocenters. The van der Waals surface area contributed by atoms with Crippen molar-refractivity contribution in [1.82, 2.24) is 5.16 Å². The van der Waals surface area contributed by atoms with Crippen molar-refractivity contribution in [3.05, 3.63) is 51.7 Å². The van der Waals surface area contributed by atoms with Crippen LogP contribution in [-0.2, 0) is 10.0 Å². The molecule has 0 saturated heterocycles. The van der Waals surface area contributed by atoms with Crippen LogP contribution in [0.5, 0.6) is 0 Å². The molecule has 0 amide bonds. The van der Waals surface area contributed by atoms with Crippen LogP contribution < -0.4 is 4.41 Å². The first-order valence-corrected chi connectivity index (χ1v) is 6.97. The van der Waals surface area contributed by atoms with Crippen LogP contribution >= 0.6 is 0 Å². The van der Waals surface area contributed by atoms with Crippen LogP contribution in [0.4, 0.5) is 5.88 Å². The minimum absolute atomic E-state index is 0.00231. The normalized spacial score (nSPS) is 11.3. The zero-order valence-corrected chi connectivity index (χ0v) is 11.5. The number of nitrogens with zero attached hydrogens (tertiary/aromatic N) is 3. The molecule has 8 nitrogen and oxygen atoms in total. The molecule has 0 saturated carbocycles. The Morgan fingerprint density at radius 1 is 1.25 bits per heavy atom. The molecule has 0 atom stereocenters. The Hall–Kier alpha value is -2.42. The van der Waals surface area contributed by atoms with Crippen LogP contribution in [0.1, 0.15) is 11.3 Å². The van der Waals surface area contributed by atoms with E-state index in [1.54, 1.807) is 13.0 Å². The lowest BCUT2D eigenvalue weighted by Crippen LogP contribution is -2.36. The summed E-state index contributed by atoms with van der Waals surface area (Å²) < 4.78 is 29.4. The number of rotatable bonds is 4. The van der Waals surface area contributed by atoms with E-state index in [0.29, 0.717) is 11.3 Å². The smallest absolute Gasteiger partial charge is 0.321 e. The predicted molar refractivity (Wildman–Crippen MR) is 69.1 cm³/mol. The molecule has 0 spiro atoms. The molecule has 1 heterocycles. The summed E-state index contributed by atoms with van der Waals surface area (Å²) in [5, 5.41) is 13.6. The summed E-state index contributed by atoms with van der Waals surface area (Å²) in [4.78, 5) is 10.9. The number of nitro groups is 1. The molecule has 2 aromatic rings. The molecule has 9 heteroatoms. The maximum absolute atomic E-state index is 12.3. The van der Waals surface area contributed by atoms with Crippen molar-refractivity contribution < 1.29 is 18.0 Å². The highest BCUT2D eigenvalue weighted by atomic mass is 32.2. The van der Waals surface area contributed by atoms with Crippen molar-refractivity contribution in [2.24, 2.45) is 0 Å². The van der Waals surface area contributed by atoms with Crippen molar-refractivity contribution in [1.29, 1.82) is 0 Å². The molecule has 0 aliphatic heterocycles. The van der Waals surface area contributed by atoms with E-state index in [1.165, 1.54) is 31.2 Å². The molecular weight excluding hydrogens is 286 g/mol. The minimum atomic E-state index is -4.36. The highest BCUT2D eigenvalue weighted by molar-refractivity contribution is 7.92. The van der Waals surface area contributed by atoms with Crippen LogP contribution in [0.15, 0.2) is 39.8 Å². The number of hydrogen-bond donors (Lipinski definition) is 0. The Bertz CT molecular complexity index is 739. The highest BCUT2D eigenvalue weighted by Gasteiger charge is 2.39. The Morgan fingerprint density at radius 2 is 1.85 bits per heavy atom. The molecule has 0 radical (unpaired) electrons. The lowest BCUT2D eigenvalue weighted by Gasteiger charge is -2.11. The van der Waals surface area contributed by atoms with Gasteiger partial charge in [0.2, 0.25) is 0 Å². The van der Waals surface area contributed by atoms with Gasteiger partial charge in [-0.05, 0) is 26.0 Å². The van der Waals surface area contributed by atoms with Gasteiger partial charge in [0.05, 0.1) is 15.0 Å². The van der Waals surface area contributed by atoms with E-state index in [1.807, 2.05) is 0 Å². The average molecular weight is 297 g/mol. The van der Waals surface area contributed by atoms with Gasteiger partial charge in [0, 0.05) is 5.56 Å². The zero-order valence-electron chi connectivity index (χ0n) is 10.7. The maximum atomic E-state index is 12.3. The number of aromatic nitrogens is 1. The average Bonchev–Trinajstić information content (AvgIpc) is 2.72. The molecule has 0 fully saturated rings. The first-order valence-electron chi connectivity index (χ1n) is 5.53. The summed E-state index contributed by atoms with van der Waals surface area (Å²) in [6, 6.07) is 7.10. The second-order valence-electron chi connectivity index (χ2n) is 4.00. The van der Waals surface area contributed by atoms with E-state index in [0.717, 1.165) is 0 Å². The van der Waals surface area contributed by atoms with Crippen molar-refractivity contribution in [2.75, 3.05) is 4.41 Å². The summed E-state index contributed by atoms with van der Waals surface area (Å²) in [5.41, 5.74) is 0.677. The molecule has 20 heavy (non-hydrogen) atoms. The third kappa shape index (κ3) is 2.23. The van der Waals surface area contributed by atoms with Gasteiger partial charge in [0.25, 0.3) is 0 Å². The summed E-state index contributed by atoms with van der Waals surface area (Å²) >= 11 is 0. The van der Waals surface area contributed by atoms with Crippen molar-refractivity contribution in [3.8, 4) is 0 Å². The summed E-state index contributed by atoms with van der Waals surface area (Å²) in [6.45, 7) is 3.06. The molecular formula is C11H11N3O5S. The third-order valence-corrected chi connectivity index (χ3v) is 4.35. The Morgan fingerprint density at radius 3 is 2.30 bits per heavy atom. The Labute approximate surface area is 114 Å². The van der Waals surface area contributed by atoms with Gasteiger partial charge in [-0.25, -0.2) is 10.1 Å². The first kappa shape index (κ1) is 14.0. The molecule has 0 aliphatic rings. The Kier molecular flexibility index (Phi) is 3.45. The second-order valence-corrected chi connectivity index (χ2v) is 5.76. The van der Waals surface area contributed by atoms with E-state index in [-0.39, 0.29) is 9.31 Å². The van der Waals surface area contributed by atoms with Crippen LogP contribution in [0, 0.1) is 24.0 Å². The molecule has 0 N–H and O–H groups in total. The minimum Gasteiger partial charge on any atom is -0.331 e. The fraction of sp³-hybridized carbons (Fsp3) is 0.182. The molecule has 0 aliphatic carbocycles. The van der Waals surface area contributed by atoms with E-state index < -0.39 is 20.9 Å². The number of benzene rings is 1. The van der Waals surface area contributed by atoms with Crippen molar-refractivity contribution in [3.63, 3.8) is 0 Å². The second kappa shape index (κ2) is 4.93. The van der Waals surface area contributed by atoms with Gasteiger partial charge < -0.3 is 4.52 Å². The number of aryl methyl sites for hydroxylation is 1. The first-order chi connectivity index (χ1) is 9.35. The van der Waals surface area contributed by atoms with Gasteiger partial charge in [-0.3, -0.25) is 0 Å². The lowest BCUT2D eigenvalue weighted by molar-refractivity contribution is -0.476. The molecule has 0 bridgehead atoms. The van der Waals surface area contributed by atoms with Gasteiger partial charge in [0.1, 0.15) is 0 Å². The monoisotopic (exact) mass is 297 g/mol. The van der Waals surface area contributed by atoms with E-state index >= 15 is 0 Å². The van der Waals surface area contributed by atoms with Gasteiger partial charge in [-0.1, -0.05) is 23.4 Å². The third-order valence-electron chi connectivity index (χ3n) is 2.72. The number of hydrogen-bond acceptors (Lipinski definition) is 6. The number of anilines is 1. The summed E-state index contributed by atoms with van der Waals surface area (Å²) in [5.74, 6) is -0.420. The van der Waals surface area contributed by atoms with Gasteiger partial charge in [0.15, 0.2) is 5.03 Å². The van der Waals surface area contributed by atoms with Gasteiger partial charge >= 0.3 is 15.9 Å². The topological polar surface area (TPSA) is 107 Å². The van der Waals surface area contributed by atoms with Gasteiger partial charge in [-0.2, -0.15) is 8.42 Å². The predicted octanol–water partition coefficient (Wildman–Crippen LogP) is 1.68. The van der Waals surface area contributed by atoms with E-state index in [2.05, 4.69) is 5.16 Å². The standard InChI is InChI=1S/C11H11N3O5S/c1-8-9(2)12-19-11(8)13(14(15)16)20(17,18)10-6-4-3-5-7-10/h3-7H,1-2H3. The SMILES string of the molecule is Cc1noc(N([N+](=O)[O-])S(=O)(=O)c2ccccc2)c1C. The molecule has 2 rings (SSSR count). The van der Waals surface area contributed by atoms with E-state index in [9.17, 15) is 18.5 Å². The Balaban J connectivity index is 2.61. The molecule has 1 aromatic carbocycles. The molecule has 106 valence electrons. The largest absolute Gasteiger partial charge is 0.331 e. The summed E-state index contributed by atoms with van der Waals surface area (Å²) in [7, 11) is -4.36. The fourth-order valence-electron chi connectivity index (χ4n) is 1.55.